The lowest BCUT2D eigenvalue weighted by atomic mass is 10.1. The van der Waals surface area contributed by atoms with Gasteiger partial charge < -0.3 is 10.4 Å². The highest BCUT2D eigenvalue weighted by Crippen LogP contribution is 2.20. The minimum atomic E-state index is -0.347. The molecule has 1 aromatic carbocycles. The summed E-state index contributed by atoms with van der Waals surface area (Å²) >= 11 is 1.89. The van der Waals surface area contributed by atoms with Crippen LogP contribution in [0.4, 0.5) is 4.39 Å². The smallest absolute Gasteiger partial charge is 0.131 e. The van der Waals surface area contributed by atoms with Crippen LogP contribution in [-0.2, 0) is 0 Å². The molecule has 108 valence electrons. The zero-order valence-corrected chi connectivity index (χ0v) is 12.6. The summed E-state index contributed by atoms with van der Waals surface area (Å²) in [4.78, 5) is 0. The molecule has 2 nitrogen and oxygen atoms in total. The lowest BCUT2D eigenvalue weighted by Gasteiger charge is -2.15. The minimum Gasteiger partial charge on any atom is -0.508 e. The SMILES string of the molecule is CSCCCCCCNC(C)c1ccc(O)cc1F. The number of nitrogens with one attached hydrogen (secondary N) is 1. The van der Waals surface area contributed by atoms with Crippen LogP contribution in [0.5, 0.6) is 5.75 Å². The summed E-state index contributed by atoms with van der Waals surface area (Å²) in [5, 5.41) is 12.5. The van der Waals surface area contributed by atoms with Crippen LogP contribution >= 0.6 is 11.8 Å². The number of thioether (sulfide) groups is 1. The molecule has 0 saturated carbocycles. The predicted octanol–water partition coefficient (Wildman–Crippen LogP) is 4.11. The molecule has 4 heteroatoms. The Labute approximate surface area is 119 Å². The van der Waals surface area contributed by atoms with Gasteiger partial charge in [-0.25, -0.2) is 4.39 Å². The van der Waals surface area contributed by atoms with Crippen molar-refractivity contribution in [3.63, 3.8) is 0 Å². The van der Waals surface area contributed by atoms with E-state index in [0.29, 0.717) is 5.56 Å². The number of rotatable bonds is 9. The van der Waals surface area contributed by atoms with Gasteiger partial charge in [-0.2, -0.15) is 11.8 Å². The molecule has 19 heavy (non-hydrogen) atoms. The lowest BCUT2D eigenvalue weighted by molar-refractivity contribution is 0.462. The molecule has 1 rings (SSSR count). The van der Waals surface area contributed by atoms with Crippen molar-refractivity contribution < 1.29 is 9.50 Å². The van der Waals surface area contributed by atoms with E-state index in [0.717, 1.165) is 19.0 Å². The van der Waals surface area contributed by atoms with E-state index in [2.05, 4.69) is 11.6 Å². The number of benzene rings is 1. The summed E-state index contributed by atoms with van der Waals surface area (Å²) in [6.45, 7) is 2.85. The topological polar surface area (TPSA) is 32.3 Å². The maximum atomic E-state index is 13.6. The summed E-state index contributed by atoms with van der Waals surface area (Å²) < 4.78 is 13.6. The normalized spacial score (nSPS) is 12.6. The van der Waals surface area contributed by atoms with Crippen LogP contribution in [0.2, 0.25) is 0 Å². The van der Waals surface area contributed by atoms with E-state index in [9.17, 15) is 9.50 Å². The molecule has 1 unspecified atom stereocenters. The Kier molecular flexibility index (Phi) is 7.91. The lowest BCUT2D eigenvalue weighted by Crippen LogP contribution is -2.20. The van der Waals surface area contributed by atoms with E-state index in [1.807, 2.05) is 18.7 Å². The first kappa shape index (κ1) is 16.3. The van der Waals surface area contributed by atoms with Gasteiger partial charge in [0.2, 0.25) is 0 Å². The molecule has 1 atom stereocenters. The second-order valence-electron chi connectivity index (χ2n) is 4.79. The summed E-state index contributed by atoms with van der Waals surface area (Å²) in [5.41, 5.74) is 0.611. The van der Waals surface area contributed by atoms with E-state index in [-0.39, 0.29) is 17.6 Å². The molecule has 2 N–H and O–H groups in total. The van der Waals surface area contributed by atoms with Crippen molar-refractivity contribution in [2.24, 2.45) is 0 Å². The van der Waals surface area contributed by atoms with Gasteiger partial charge in [0.25, 0.3) is 0 Å². The van der Waals surface area contributed by atoms with Crippen molar-refractivity contribution >= 4 is 11.8 Å². The van der Waals surface area contributed by atoms with Crippen molar-refractivity contribution in [3.8, 4) is 5.75 Å². The van der Waals surface area contributed by atoms with Gasteiger partial charge in [-0.15, -0.1) is 0 Å². The molecular weight excluding hydrogens is 261 g/mol. The number of aromatic hydroxyl groups is 1. The second kappa shape index (κ2) is 9.21. The maximum absolute atomic E-state index is 13.6. The highest BCUT2D eigenvalue weighted by molar-refractivity contribution is 7.98. The largest absolute Gasteiger partial charge is 0.508 e. The Morgan fingerprint density at radius 1 is 1.26 bits per heavy atom. The van der Waals surface area contributed by atoms with Crippen molar-refractivity contribution in [3.05, 3.63) is 29.6 Å². The number of hydrogen-bond donors (Lipinski definition) is 2. The fourth-order valence-corrected chi connectivity index (χ4v) is 2.51. The van der Waals surface area contributed by atoms with Crippen molar-refractivity contribution in [1.82, 2.24) is 5.32 Å². The minimum absolute atomic E-state index is 0.0215. The van der Waals surface area contributed by atoms with Crippen molar-refractivity contribution in [1.29, 1.82) is 0 Å². The van der Waals surface area contributed by atoms with Crippen LogP contribution in [0.25, 0.3) is 0 Å². The summed E-state index contributed by atoms with van der Waals surface area (Å²) in [7, 11) is 0. The molecule has 0 aliphatic carbocycles. The van der Waals surface area contributed by atoms with Crippen LogP contribution in [0.15, 0.2) is 18.2 Å². The predicted molar refractivity (Wildman–Crippen MR) is 81.3 cm³/mol. The average molecular weight is 285 g/mol. The van der Waals surface area contributed by atoms with Crippen LogP contribution in [-0.4, -0.2) is 23.7 Å². The molecule has 0 saturated heterocycles. The van der Waals surface area contributed by atoms with Crippen LogP contribution in [0, 0.1) is 5.82 Å². The highest BCUT2D eigenvalue weighted by Gasteiger charge is 2.10. The highest BCUT2D eigenvalue weighted by atomic mass is 32.2. The molecular formula is C15H24FNOS. The van der Waals surface area contributed by atoms with Gasteiger partial charge in [-0.05, 0) is 44.4 Å². The molecule has 0 aliphatic rings. The molecule has 0 spiro atoms. The molecule has 0 bridgehead atoms. The summed E-state index contributed by atoms with van der Waals surface area (Å²) in [5.74, 6) is 0.866. The van der Waals surface area contributed by atoms with Gasteiger partial charge in [0, 0.05) is 17.7 Å². The standard InChI is InChI=1S/C15H24FNOS/c1-12(14-8-7-13(18)11-15(14)16)17-9-5-3-4-6-10-19-2/h7-8,11-12,17-18H,3-6,9-10H2,1-2H3. The van der Waals surface area contributed by atoms with E-state index in [1.54, 1.807) is 6.07 Å². The fraction of sp³-hybridized carbons (Fsp3) is 0.600. The van der Waals surface area contributed by atoms with Crippen molar-refractivity contribution in [2.75, 3.05) is 18.6 Å². The average Bonchev–Trinajstić information content (AvgIpc) is 2.37. The molecule has 0 aliphatic heterocycles. The van der Waals surface area contributed by atoms with Gasteiger partial charge in [0.1, 0.15) is 11.6 Å². The number of halogens is 1. The van der Waals surface area contributed by atoms with Crippen molar-refractivity contribution in [2.45, 2.75) is 38.6 Å². The Morgan fingerprint density at radius 3 is 2.68 bits per heavy atom. The molecule has 1 aromatic rings. The van der Waals surface area contributed by atoms with E-state index < -0.39 is 0 Å². The first-order valence-corrected chi connectivity index (χ1v) is 8.25. The summed E-state index contributed by atoms with van der Waals surface area (Å²) in [6.07, 6.45) is 7.03. The number of hydrogen-bond acceptors (Lipinski definition) is 3. The molecule has 0 amide bonds. The van der Waals surface area contributed by atoms with Gasteiger partial charge >= 0.3 is 0 Å². The van der Waals surface area contributed by atoms with E-state index in [1.165, 1.54) is 31.1 Å². The number of phenolic OH excluding ortho intramolecular Hbond substituents is 1. The third-order valence-electron chi connectivity index (χ3n) is 3.18. The monoisotopic (exact) mass is 285 g/mol. The van der Waals surface area contributed by atoms with Crippen LogP contribution in [0.3, 0.4) is 0 Å². The van der Waals surface area contributed by atoms with Gasteiger partial charge in [0.15, 0.2) is 0 Å². The van der Waals surface area contributed by atoms with Crippen LogP contribution in [0.1, 0.15) is 44.2 Å². The third kappa shape index (κ3) is 6.30. The number of unbranched alkanes of at least 4 members (excludes halogenated alkanes) is 3. The maximum Gasteiger partial charge on any atom is 0.131 e. The Hall–Kier alpha value is -0.740. The quantitative estimate of drug-likeness (QED) is 0.670. The first-order valence-electron chi connectivity index (χ1n) is 6.86. The Bertz CT molecular complexity index is 373. The zero-order valence-electron chi connectivity index (χ0n) is 11.8. The van der Waals surface area contributed by atoms with Gasteiger partial charge in [-0.1, -0.05) is 18.9 Å². The third-order valence-corrected chi connectivity index (χ3v) is 3.87. The van der Waals surface area contributed by atoms with Gasteiger partial charge in [-0.3, -0.25) is 0 Å². The van der Waals surface area contributed by atoms with Crippen LogP contribution < -0.4 is 5.32 Å². The van der Waals surface area contributed by atoms with Gasteiger partial charge in [0.05, 0.1) is 0 Å². The zero-order chi connectivity index (χ0) is 14.1. The second-order valence-corrected chi connectivity index (χ2v) is 5.77. The summed E-state index contributed by atoms with van der Waals surface area (Å²) in [6, 6.07) is 4.31. The van der Waals surface area contributed by atoms with E-state index >= 15 is 0 Å². The number of phenols is 1. The van der Waals surface area contributed by atoms with E-state index in [4.69, 9.17) is 0 Å². The Balaban J connectivity index is 2.22. The molecule has 0 heterocycles. The Morgan fingerprint density at radius 2 is 2.00 bits per heavy atom. The molecule has 0 aromatic heterocycles. The molecule has 0 radical (unpaired) electrons. The first-order chi connectivity index (χ1) is 9.15. The molecule has 0 fully saturated rings. The fourth-order valence-electron chi connectivity index (χ4n) is 2.02.